The second kappa shape index (κ2) is 4.99. The maximum atomic E-state index is 12.0. The number of fused-ring (bicyclic) bond motifs is 1. The number of anilines is 2. The van der Waals surface area contributed by atoms with Crippen LogP contribution in [0, 0.1) is 0 Å². The first kappa shape index (κ1) is 14.3. The van der Waals surface area contributed by atoms with Gasteiger partial charge in [0.15, 0.2) is 15.7 Å². The van der Waals surface area contributed by atoms with E-state index < -0.39 is 9.84 Å². The van der Waals surface area contributed by atoms with E-state index in [1.54, 1.807) is 36.1 Å². The van der Waals surface area contributed by atoms with Crippen LogP contribution >= 0.6 is 0 Å². The Morgan fingerprint density at radius 2 is 1.86 bits per heavy atom. The molecule has 3 rings (SSSR count). The maximum Gasteiger partial charge on any atom is 0.261 e. The monoisotopic (exact) mass is 318 g/mol. The summed E-state index contributed by atoms with van der Waals surface area (Å²) < 4.78 is 24.5. The van der Waals surface area contributed by atoms with Gasteiger partial charge in [0, 0.05) is 25.2 Å². The summed E-state index contributed by atoms with van der Waals surface area (Å²) in [6.07, 6.45) is 2.72. The van der Waals surface area contributed by atoms with Crippen LogP contribution in [0.4, 0.5) is 11.5 Å². The van der Waals surface area contributed by atoms with Gasteiger partial charge in [-0.25, -0.2) is 8.42 Å². The molecule has 2 aromatic heterocycles. The fraction of sp³-hybridized carbons (Fsp3) is 0.143. The first-order chi connectivity index (χ1) is 10.4. The summed E-state index contributed by atoms with van der Waals surface area (Å²) in [5.74, 6) is 0.423. The lowest BCUT2D eigenvalue weighted by Gasteiger charge is -2.04. The average molecular weight is 318 g/mol. The van der Waals surface area contributed by atoms with Gasteiger partial charge in [-0.3, -0.25) is 9.48 Å². The van der Waals surface area contributed by atoms with Crippen LogP contribution in [-0.4, -0.2) is 29.4 Å². The molecule has 0 amide bonds. The highest BCUT2D eigenvalue weighted by Crippen LogP contribution is 2.23. The van der Waals surface area contributed by atoms with Crippen LogP contribution in [0.25, 0.3) is 10.9 Å². The summed E-state index contributed by atoms with van der Waals surface area (Å²) in [5, 5.41) is 7.78. The van der Waals surface area contributed by atoms with Crippen molar-refractivity contribution in [2.24, 2.45) is 7.05 Å². The van der Waals surface area contributed by atoms with Crippen molar-refractivity contribution < 1.29 is 8.42 Å². The van der Waals surface area contributed by atoms with E-state index in [0.29, 0.717) is 22.4 Å². The van der Waals surface area contributed by atoms with Gasteiger partial charge in [0.25, 0.3) is 5.56 Å². The van der Waals surface area contributed by atoms with Crippen LogP contribution < -0.4 is 10.9 Å². The van der Waals surface area contributed by atoms with Crippen molar-refractivity contribution in [1.82, 2.24) is 14.8 Å². The molecule has 0 aliphatic heterocycles. The summed E-state index contributed by atoms with van der Waals surface area (Å²) in [6.45, 7) is 0. The fourth-order valence-electron chi connectivity index (χ4n) is 2.23. The van der Waals surface area contributed by atoms with Gasteiger partial charge in [-0.05, 0) is 30.3 Å². The van der Waals surface area contributed by atoms with Crippen LogP contribution in [0.1, 0.15) is 0 Å². The van der Waals surface area contributed by atoms with Gasteiger partial charge in [0.1, 0.15) is 5.39 Å². The Labute approximate surface area is 126 Å². The molecular weight excluding hydrogens is 304 g/mol. The quantitative estimate of drug-likeness (QED) is 0.761. The van der Waals surface area contributed by atoms with Crippen molar-refractivity contribution in [2.45, 2.75) is 4.90 Å². The van der Waals surface area contributed by atoms with Crippen LogP contribution in [0.3, 0.4) is 0 Å². The predicted molar refractivity (Wildman–Crippen MR) is 84.2 cm³/mol. The SMILES string of the molecule is Cn1nc(Nc2ccc(S(C)(=O)=O)cc2)c2c(=O)[nH]ccc21. The highest BCUT2D eigenvalue weighted by atomic mass is 32.2. The molecule has 0 saturated carbocycles. The van der Waals surface area contributed by atoms with Gasteiger partial charge in [-0.2, -0.15) is 5.10 Å². The molecule has 0 radical (unpaired) electrons. The number of rotatable bonds is 3. The third-order valence-electron chi connectivity index (χ3n) is 3.32. The van der Waals surface area contributed by atoms with Crippen molar-refractivity contribution in [3.63, 3.8) is 0 Å². The molecule has 0 aliphatic carbocycles. The van der Waals surface area contributed by atoms with Gasteiger partial charge in [0.2, 0.25) is 0 Å². The Morgan fingerprint density at radius 3 is 2.50 bits per heavy atom. The van der Waals surface area contributed by atoms with E-state index in [1.165, 1.54) is 12.1 Å². The predicted octanol–water partition coefficient (Wildman–Crippen LogP) is 1.41. The maximum absolute atomic E-state index is 12.0. The summed E-state index contributed by atoms with van der Waals surface area (Å²) in [7, 11) is -1.48. The number of hydrogen-bond donors (Lipinski definition) is 2. The molecule has 1 aromatic carbocycles. The van der Waals surface area contributed by atoms with Gasteiger partial charge in [-0.15, -0.1) is 0 Å². The molecular formula is C14H14N4O3S. The smallest absolute Gasteiger partial charge is 0.261 e. The lowest BCUT2D eigenvalue weighted by atomic mass is 10.3. The highest BCUT2D eigenvalue weighted by Gasteiger charge is 2.12. The topological polar surface area (TPSA) is 96.8 Å². The Hall–Kier alpha value is -2.61. The Morgan fingerprint density at radius 1 is 1.18 bits per heavy atom. The van der Waals surface area contributed by atoms with Crippen LogP contribution in [0.2, 0.25) is 0 Å². The van der Waals surface area contributed by atoms with Crippen molar-refractivity contribution in [1.29, 1.82) is 0 Å². The number of benzene rings is 1. The molecule has 7 nitrogen and oxygen atoms in total. The standard InChI is InChI=1S/C14H14N4O3S/c1-18-11-7-8-15-14(19)12(11)13(17-18)16-9-3-5-10(6-4-9)22(2,20)21/h3-8H,1-2H3,(H,15,19)(H,16,17). The first-order valence-electron chi connectivity index (χ1n) is 6.48. The zero-order valence-corrected chi connectivity index (χ0v) is 12.8. The van der Waals surface area contributed by atoms with Gasteiger partial charge in [0.05, 0.1) is 10.4 Å². The normalized spacial score (nSPS) is 11.7. The highest BCUT2D eigenvalue weighted by molar-refractivity contribution is 7.90. The number of aromatic nitrogens is 3. The largest absolute Gasteiger partial charge is 0.338 e. The van der Waals surface area contributed by atoms with Crippen molar-refractivity contribution in [3.05, 3.63) is 46.9 Å². The average Bonchev–Trinajstić information content (AvgIpc) is 2.76. The molecule has 0 fully saturated rings. The molecule has 0 spiro atoms. The van der Waals surface area contributed by atoms with Crippen LogP contribution in [0.15, 0.2) is 46.2 Å². The van der Waals surface area contributed by atoms with E-state index in [4.69, 9.17) is 0 Å². The number of H-pyrrole nitrogens is 1. The van der Waals surface area contributed by atoms with Crippen LogP contribution in [0.5, 0.6) is 0 Å². The van der Waals surface area contributed by atoms with Gasteiger partial charge in [-0.1, -0.05) is 0 Å². The molecule has 0 saturated heterocycles. The van der Waals surface area contributed by atoms with E-state index in [-0.39, 0.29) is 10.5 Å². The second-order valence-electron chi connectivity index (χ2n) is 4.96. The number of nitrogens with zero attached hydrogens (tertiary/aromatic N) is 2. The molecule has 8 heteroatoms. The van der Waals surface area contributed by atoms with E-state index in [0.717, 1.165) is 6.26 Å². The summed E-state index contributed by atoms with van der Waals surface area (Å²) in [5.41, 5.74) is 1.12. The van der Waals surface area contributed by atoms with Crippen molar-refractivity contribution in [3.8, 4) is 0 Å². The Balaban J connectivity index is 2.02. The summed E-state index contributed by atoms with van der Waals surface area (Å²) in [6, 6.07) is 8.05. The minimum atomic E-state index is -3.23. The third kappa shape index (κ3) is 2.48. The Bertz CT molecular complexity index is 1000. The number of aromatic amines is 1. The third-order valence-corrected chi connectivity index (χ3v) is 4.45. The first-order valence-corrected chi connectivity index (χ1v) is 8.37. The minimum Gasteiger partial charge on any atom is -0.338 e. The van der Waals surface area contributed by atoms with E-state index >= 15 is 0 Å². The molecule has 0 atom stereocenters. The molecule has 0 aliphatic rings. The summed E-state index contributed by atoms with van der Waals surface area (Å²) >= 11 is 0. The number of nitrogens with one attached hydrogen (secondary N) is 2. The van der Waals surface area contributed by atoms with E-state index in [1.807, 2.05) is 0 Å². The van der Waals surface area contributed by atoms with Gasteiger partial charge >= 0.3 is 0 Å². The minimum absolute atomic E-state index is 0.235. The zero-order valence-electron chi connectivity index (χ0n) is 12.0. The number of aryl methyl sites for hydroxylation is 1. The lowest BCUT2D eigenvalue weighted by Crippen LogP contribution is -2.05. The molecule has 22 heavy (non-hydrogen) atoms. The zero-order chi connectivity index (χ0) is 15.9. The molecule has 0 unspecified atom stereocenters. The second-order valence-corrected chi connectivity index (χ2v) is 6.98. The fourth-order valence-corrected chi connectivity index (χ4v) is 2.86. The molecule has 2 heterocycles. The van der Waals surface area contributed by atoms with E-state index in [2.05, 4.69) is 15.4 Å². The number of pyridine rings is 1. The Kier molecular flexibility index (Phi) is 3.25. The van der Waals surface area contributed by atoms with Crippen LogP contribution in [-0.2, 0) is 16.9 Å². The summed E-state index contributed by atoms with van der Waals surface area (Å²) in [4.78, 5) is 14.8. The van der Waals surface area contributed by atoms with Crippen molar-refractivity contribution in [2.75, 3.05) is 11.6 Å². The molecule has 2 N–H and O–H groups in total. The van der Waals surface area contributed by atoms with Gasteiger partial charge < -0.3 is 10.3 Å². The molecule has 114 valence electrons. The van der Waals surface area contributed by atoms with E-state index in [9.17, 15) is 13.2 Å². The van der Waals surface area contributed by atoms with Crippen molar-refractivity contribution >= 4 is 32.2 Å². The number of hydrogen-bond acceptors (Lipinski definition) is 5. The number of sulfone groups is 1. The molecule has 3 aromatic rings. The lowest BCUT2D eigenvalue weighted by molar-refractivity contribution is 0.602. The molecule has 0 bridgehead atoms.